The maximum Gasteiger partial charge on any atom is 0.261 e. The Hall–Kier alpha value is -2.35. The molecule has 0 aliphatic carbocycles. The van der Waals surface area contributed by atoms with E-state index in [9.17, 15) is 0 Å². The van der Waals surface area contributed by atoms with Gasteiger partial charge in [-0.05, 0) is 36.8 Å². The predicted octanol–water partition coefficient (Wildman–Crippen LogP) is 11.0. The van der Waals surface area contributed by atoms with Gasteiger partial charge in [-0.25, -0.2) is 9.13 Å². The second-order valence-corrected chi connectivity index (χ2v) is 12.5. The van der Waals surface area contributed by atoms with Crippen LogP contribution in [0.25, 0.3) is 0 Å². The summed E-state index contributed by atoms with van der Waals surface area (Å²) in [6.45, 7) is 9.15. The molecule has 0 saturated heterocycles. The zero-order valence-corrected chi connectivity index (χ0v) is 27.0. The third-order valence-electron chi connectivity index (χ3n) is 8.96. The molecule has 2 nitrogen and oxygen atoms in total. The summed E-state index contributed by atoms with van der Waals surface area (Å²) in [7, 11) is 0. The minimum Gasteiger partial charge on any atom is -0.234 e. The minimum absolute atomic E-state index is 0.519. The van der Waals surface area contributed by atoms with Crippen LogP contribution in [0, 0.1) is 0 Å². The Labute approximate surface area is 253 Å². The zero-order valence-electron chi connectivity index (χ0n) is 27.0. The first kappa shape index (κ1) is 33.2. The van der Waals surface area contributed by atoms with Gasteiger partial charge in [-0.3, -0.25) is 0 Å². The summed E-state index contributed by atoms with van der Waals surface area (Å²) in [4.78, 5) is 0. The molecule has 0 N–H and O–H groups in total. The second kappa shape index (κ2) is 20.5. The highest BCUT2D eigenvalue weighted by molar-refractivity contribution is 5.21. The van der Waals surface area contributed by atoms with Gasteiger partial charge in [-0.1, -0.05) is 164 Å². The van der Waals surface area contributed by atoms with Crippen LogP contribution in [0.1, 0.15) is 152 Å². The number of rotatable bonds is 23. The van der Waals surface area contributed by atoms with Crippen molar-refractivity contribution >= 4 is 0 Å². The Kier molecular flexibility index (Phi) is 16.6. The van der Waals surface area contributed by atoms with Gasteiger partial charge in [0.05, 0.1) is 19.5 Å². The lowest BCUT2D eigenvalue weighted by atomic mass is 9.96. The minimum atomic E-state index is 0.519. The fourth-order valence-corrected chi connectivity index (χ4v) is 6.36. The summed E-state index contributed by atoms with van der Waals surface area (Å²) in [6, 6.07) is 22.1. The van der Waals surface area contributed by atoms with Gasteiger partial charge in [0.1, 0.15) is 11.9 Å². The normalized spacial score (nSPS) is 12.2. The first-order valence-corrected chi connectivity index (χ1v) is 17.4. The highest BCUT2D eigenvalue weighted by atomic mass is 15.2. The summed E-state index contributed by atoms with van der Waals surface area (Å²) in [6.07, 6.45) is 27.3. The van der Waals surface area contributed by atoms with Gasteiger partial charge in [0.2, 0.25) is 0 Å². The first-order valence-electron chi connectivity index (χ1n) is 17.4. The van der Waals surface area contributed by atoms with Gasteiger partial charge < -0.3 is 0 Å². The number of aryl methyl sites for hydroxylation is 1. The molecule has 0 bridgehead atoms. The summed E-state index contributed by atoms with van der Waals surface area (Å²) in [5.74, 6) is 1.99. The van der Waals surface area contributed by atoms with Crippen LogP contribution in [-0.4, -0.2) is 4.57 Å². The highest BCUT2D eigenvalue weighted by Gasteiger charge is 2.24. The fraction of sp³-hybridized carbons (Fsp3) is 0.615. The van der Waals surface area contributed by atoms with Gasteiger partial charge in [0.25, 0.3) is 5.82 Å². The smallest absolute Gasteiger partial charge is 0.234 e. The van der Waals surface area contributed by atoms with Gasteiger partial charge in [-0.2, -0.15) is 0 Å². The molecular formula is C39H61N2+. The molecule has 1 atom stereocenters. The molecule has 0 amide bonds. The second-order valence-electron chi connectivity index (χ2n) is 12.5. The zero-order chi connectivity index (χ0) is 29.0. The number of imidazole rings is 1. The fourth-order valence-electron chi connectivity index (χ4n) is 6.36. The van der Waals surface area contributed by atoms with Crippen molar-refractivity contribution in [1.29, 1.82) is 0 Å². The van der Waals surface area contributed by atoms with E-state index in [4.69, 9.17) is 0 Å². The maximum atomic E-state index is 2.68. The molecule has 0 spiro atoms. The Morgan fingerprint density at radius 1 is 0.610 bits per heavy atom. The number of hydrogen-bond acceptors (Lipinski definition) is 0. The summed E-state index contributed by atoms with van der Waals surface area (Å²) >= 11 is 0. The lowest BCUT2D eigenvalue weighted by Crippen LogP contribution is -2.41. The van der Waals surface area contributed by atoms with Crippen molar-refractivity contribution in [3.05, 3.63) is 89.5 Å². The molecule has 3 rings (SSSR count). The van der Waals surface area contributed by atoms with E-state index >= 15 is 0 Å². The average Bonchev–Trinajstić information content (AvgIpc) is 3.33. The Balaban J connectivity index is 1.42. The molecule has 1 aromatic heterocycles. The van der Waals surface area contributed by atoms with Crippen LogP contribution in [0.5, 0.6) is 0 Å². The van der Waals surface area contributed by atoms with Crippen LogP contribution in [0.15, 0.2) is 66.9 Å². The Morgan fingerprint density at radius 3 is 1.61 bits per heavy atom. The predicted molar refractivity (Wildman–Crippen MR) is 178 cm³/mol. The van der Waals surface area contributed by atoms with E-state index in [1.165, 1.54) is 125 Å². The third kappa shape index (κ3) is 12.6. The number of unbranched alkanes of at least 4 members (excludes halogenated alkanes) is 15. The van der Waals surface area contributed by atoms with E-state index < -0.39 is 0 Å². The van der Waals surface area contributed by atoms with E-state index in [1.54, 1.807) is 0 Å². The molecule has 0 aliphatic heterocycles. The topological polar surface area (TPSA) is 8.81 Å². The highest BCUT2D eigenvalue weighted by Crippen LogP contribution is 2.21. The lowest BCUT2D eigenvalue weighted by Gasteiger charge is -2.12. The van der Waals surface area contributed by atoms with E-state index in [0.717, 1.165) is 25.9 Å². The summed E-state index contributed by atoms with van der Waals surface area (Å²) in [5, 5.41) is 0. The first-order chi connectivity index (χ1) is 20.2. The number of benzene rings is 2. The van der Waals surface area contributed by atoms with E-state index in [-0.39, 0.29) is 0 Å². The molecule has 1 unspecified atom stereocenters. The van der Waals surface area contributed by atoms with Crippen LogP contribution in [0.3, 0.4) is 0 Å². The molecule has 3 aromatic rings. The van der Waals surface area contributed by atoms with E-state index in [1.807, 2.05) is 0 Å². The molecule has 2 aromatic carbocycles. The van der Waals surface area contributed by atoms with Gasteiger partial charge in [0.15, 0.2) is 0 Å². The molecule has 2 heteroatoms. The molecule has 41 heavy (non-hydrogen) atoms. The van der Waals surface area contributed by atoms with Crippen molar-refractivity contribution < 1.29 is 4.57 Å². The van der Waals surface area contributed by atoms with Gasteiger partial charge in [0, 0.05) is 6.42 Å². The van der Waals surface area contributed by atoms with Crippen molar-refractivity contribution in [2.45, 2.75) is 155 Å². The summed E-state index contributed by atoms with van der Waals surface area (Å²) < 4.78 is 5.19. The van der Waals surface area contributed by atoms with Crippen molar-refractivity contribution in [2.75, 3.05) is 0 Å². The van der Waals surface area contributed by atoms with Crippen LogP contribution in [0.4, 0.5) is 0 Å². The standard InChI is InChI=1S/C39H61N2/c1-4-6-7-8-9-10-11-12-13-14-15-16-17-18-19-26-31-41-38(32-35(3)37-29-24-21-25-30-37)34-40(5-2)39(41)33-36-27-22-20-23-28-36/h20-25,27-30,34-35H,4-19,26,31-33H2,1-3H3/q+1. The van der Waals surface area contributed by atoms with Crippen LogP contribution in [0.2, 0.25) is 0 Å². The largest absolute Gasteiger partial charge is 0.261 e. The van der Waals surface area contributed by atoms with Crippen molar-refractivity contribution in [2.24, 2.45) is 0 Å². The maximum absolute atomic E-state index is 2.68. The van der Waals surface area contributed by atoms with Crippen LogP contribution in [-0.2, 0) is 25.9 Å². The van der Waals surface area contributed by atoms with Crippen LogP contribution >= 0.6 is 0 Å². The quantitative estimate of drug-likeness (QED) is 0.0810. The monoisotopic (exact) mass is 557 g/mol. The third-order valence-corrected chi connectivity index (χ3v) is 8.96. The van der Waals surface area contributed by atoms with Gasteiger partial charge in [-0.15, -0.1) is 0 Å². The Bertz CT molecular complexity index is 1040. The molecule has 0 saturated carbocycles. The molecule has 0 fully saturated rings. The van der Waals surface area contributed by atoms with Crippen molar-refractivity contribution in [3.8, 4) is 0 Å². The number of aromatic nitrogens is 2. The average molecular weight is 558 g/mol. The SMILES string of the molecule is CCCCCCCCCCCCCCCCCC[n+]1c(CC(C)c2ccccc2)cn(CC)c1Cc1ccccc1. The molecule has 0 aliphatic rings. The summed E-state index contributed by atoms with van der Waals surface area (Å²) in [5.41, 5.74) is 4.34. The van der Waals surface area contributed by atoms with Crippen molar-refractivity contribution in [3.63, 3.8) is 0 Å². The lowest BCUT2D eigenvalue weighted by molar-refractivity contribution is -0.710. The molecular weight excluding hydrogens is 496 g/mol. The van der Waals surface area contributed by atoms with Crippen LogP contribution < -0.4 is 4.57 Å². The van der Waals surface area contributed by atoms with E-state index in [2.05, 4.69) is 96.8 Å². The van der Waals surface area contributed by atoms with Gasteiger partial charge >= 0.3 is 0 Å². The Morgan fingerprint density at radius 2 is 1.10 bits per heavy atom. The number of hydrogen-bond donors (Lipinski definition) is 0. The molecule has 226 valence electrons. The number of nitrogens with zero attached hydrogens (tertiary/aromatic N) is 2. The molecule has 1 heterocycles. The molecule has 0 radical (unpaired) electrons. The van der Waals surface area contributed by atoms with E-state index in [0.29, 0.717) is 5.92 Å². The van der Waals surface area contributed by atoms with Crippen molar-refractivity contribution in [1.82, 2.24) is 4.57 Å².